The molecule has 1 rings (SSSR count). The largest absolute Gasteiger partial charge is 0.489 e. The van der Waals surface area contributed by atoms with E-state index in [1.165, 1.54) is 5.56 Å². The fourth-order valence-corrected chi connectivity index (χ4v) is 2.25. The number of pyridine rings is 1. The SMILES string of the molecule is CCNC(CC(C)C(C)(C)C)c1cncc(OC(C)C)c1. The van der Waals surface area contributed by atoms with Crippen LogP contribution in [0.15, 0.2) is 18.5 Å². The van der Waals surface area contributed by atoms with E-state index in [2.05, 4.69) is 51.0 Å². The molecule has 0 spiro atoms. The molecule has 2 atom stereocenters. The summed E-state index contributed by atoms with van der Waals surface area (Å²) < 4.78 is 5.77. The van der Waals surface area contributed by atoms with Crippen LogP contribution in [0.2, 0.25) is 0 Å². The van der Waals surface area contributed by atoms with E-state index >= 15 is 0 Å². The Bertz CT molecular complexity index is 423. The van der Waals surface area contributed by atoms with Gasteiger partial charge >= 0.3 is 0 Å². The van der Waals surface area contributed by atoms with Crippen molar-refractivity contribution >= 4 is 0 Å². The maximum Gasteiger partial charge on any atom is 0.138 e. The number of hydrogen-bond acceptors (Lipinski definition) is 3. The Hall–Kier alpha value is -1.09. The third kappa shape index (κ3) is 6.04. The molecule has 0 aliphatic heterocycles. The minimum Gasteiger partial charge on any atom is -0.489 e. The van der Waals surface area contributed by atoms with Gasteiger partial charge in [-0.05, 0) is 49.8 Å². The fraction of sp³-hybridized carbons (Fsp3) is 0.722. The summed E-state index contributed by atoms with van der Waals surface area (Å²) in [5.74, 6) is 1.48. The second kappa shape index (κ2) is 7.79. The van der Waals surface area contributed by atoms with Gasteiger partial charge in [0.1, 0.15) is 5.75 Å². The zero-order valence-corrected chi connectivity index (χ0v) is 14.7. The second-order valence-corrected chi connectivity index (χ2v) is 7.23. The van der Waals surface area contributed by atoms with Gasteiger partial charge in [-0.15, -0.1) is 0 Å². The molecule has 0 radical (unpaired) electrons. The van der Waals surface area contributed by atoms with E-state index in [-0.39, 0.29) is 6.10 Å². The van der Waals surface area contributed by atoms with Crippen LogP contribution in [0.1, 0.15) is 66.5 Å². The van der Waals surface area contributed by atoms with Crippen molar-refractivity contribution in [2.75, 3.05) is 6.54 Å². The Morgan fingerprint density at radius 3 is 2.38 bits per heavy atom. The van der Waals surface area contributed by atoms with Crippen molar-refractivity contribution in [3.63, 3.8) is 0 Å². The Morgan fingerprint density at radius 2 is 1.86 bits per heavy atom. The van der Waals surface area contributed by atoms with E-state index in [9.17, 15) is 0 Å². The van der Waals surface area contributed by atoms with Crippen LogP contribution in [0, 0.1) is 11.3 Å². The number of ether oxygens (including phenoxy) is 1. The monoisotopic (exact) mass is 292 g/mol. The molecule has 120 valence electrons. The molecule has 21 heavy (non-hydrogen) atoms. The molecule has 0 saturated heterocycles. The lowest BCUT2D eigenvalue weighted by molar-refractivity contribution is 0.222. The lowest BCUT2D eigenvalue weighted by Crippen LogP contribution is -2.27. The highest BCUT2D eigenvalue weighted by atomic mass is 16.5. The van der Waals surface area contributed by atoms with E-state index in [0.29, 0.717) is 17.4 Å². The van der Waals surface area contributed by atoms with E-state index < -0.39 is 0 Å². The Morgan fingerprint density at radius 1 is 1.19 bits per heavy atom. The molecular weight excluding hydrogens is 260 g/mol. The first-order chi connectivity index (χ1) is 9.74. The molecule has 3 heteroatoms. The number of aromatic nitrogens is 1. The van der Waals surface area contributed by atoms with Crippen LogP contribution in [0.3, 0.4) is 0 Å². The first kappa shape index (κ1) is 18.0. The highest BCUT2D eigenvalue weighted by Crippen LogP contribution is 2.33. The highest BCUT2D eigenvalue weighted by Gasteiger charge is 2.24. The fourth-order valence-electron chi connectivity index (χ4n) is 2.25. The Balaban J connectivity index is 2.89. The van der Waals surface area contributed by atoms with Crippen LogP contribution in [0.5, 0.6) is 5.75 Å². The molecule has 1 N–H and O–H groups in total. The molecule has 0 aliphatic carbocycles. The maximum atomic E-state index is 5.77. The lowest BCUT2D eigenvalue weighted by atomic mass is 9.77. The summed E-state index contributed by atoms with van der Waals surface area (Å²) >= 11 is 0. The maximum absolute atomic E-state index is 5.77. The van der Waals surface area contributed by atoms with Gasteiger partial charge in [-0.3, -0.25) is 4.98 Å². The predicted octanol–water partition coefficient (Wildman–Crippen LogP) is 4.59. The molecular formula is C18H32N2O. The van der Waals surface area contributed by atoms with Crippen molar-refractivity contribution in [3.8, 4) is 5.75 Å². The topological polar surface area (TPSA) is 34.2 Å². The second-order valence-electron chi connectivity index (χ2n) is 7.23. The van der Waals surface area contributed by atoms with Crippen molar-refractivity contribution in [2.45, 2.75) is 67.0 Å². The van der Waals surface area contributed by atoms with Gasteiger partial charge in [-0.1, -0.05) is 34.6 Å². The third-order valence-corrected chi connectivity index (χ3v) is 4.03. The molecule has 0 aromatic carbocycles. The molecule has 1 heterocycles. The molecule has 3 nitrogen and oxygen atoms in total. The summed E-state index contributed by atoms with van der Waals surface area (Å²) in [6, 6.07) is 2.45. The molecule has 0 saturated carbocycles. The number of nitrogens with one attached hydrogen (secondary N) is 1. The summed E-state index contributed by atoms with van der Waals surface area (Å²) in [7, 11) is 0. The van der Waals surface area contributed by atoms with E-state index in [1.54, 1.807) is 6.20 Å². The van der Waals surface area contributed by atoms with Crippen molar-refractivity contribution in [1.82, 2.24) is 10.3 Å². The molecule has 1 aromatic heterocycles. The first-order valence-corrected chi connectivity index (χ1v) is 8.09. The average molecular weight is 292 g/mol. The molecule has 0 bridgehead atoms. The number of hydrogen-bond donors (Lipinski definition) is 1. The zero-order chi connectivity index (χ0) is 16.0. The van der Waals surface area contributed by atoms with Gasteiger partial charge in [0.15, 0.2) is 0 Å². The van der Waals surface area contributed by atoms with Crippen molar-refractivity contribution in [1.29, 1.82) is 0 Å². The molecule has 0 aliphatic rings. The normalized spacial score (nSPS) is 15.0. The van der Waals surface area contributed by atoms with E-state index in [0.717, 1.165) is 18.7 Å². The summed E-state index contributed by atoms with van der Waals surface area (Å²) in [5.41, 5.74) is 1.53. The van der Waals surface area contributed by atoms with Gasteiger partial charge in [0.2, 0.25) is 0 Å². The summed E-state index contributed by atoms with van der Waals surface area (Å²) in [4.78, 5) is 4.35. The van der Waals surface area contributed by atoms with Crippen LogP contribution in [0.25, 0.3) is 0 Å². The van der Waals surface area contributed by atoms with E-state index in [1.807, 2.05) is 20.0 Å². The number of nitrogens with zero attached hydrogens (tertiary/aromatic N) is 1. The lowest BCUT2D eigenvalue weighted by Gasteiger charge is -2.31. The van der Waals surface area contributed by atoms with Crippen LogP contribution < -0.4 is 10.1 Å². The summed E-state index contributed by atoms with van der Waals surface area (Å²) in [6.45, 7) is 16.4. The van der Waals surface area contributed by atoms with Gasteiger partial charge < -0.3 is 10.1 Å². The van der Waals surface area contributed by atoms with Crippen LogP contribution >= 0.6 is 0 Å². The first-order valence-electron chi connectivity index (χ1n) is 8.09. The van der Waals surface area contributed by atoms with Gasteiger partial charge in [-0.25, -0.2) is 0 Å². The molecule has 0 amide bonds. The van der Waals surface area contributed by atoms with Crippen LogP contribution in [-0.2, 0) is 0 Å². The van der Waals surface area contributed by atoms with Crippen molar-refractivity contribution in [3.05, 3.63) is 24.0 Å². The molecule has 1 aromatic rings. The summed E-state index contributed by atoms with van der Waals surface area (Å²) in [5, 5.41) is 3.59. The van der Waals surface area contributed by atoms with Gasteiger partial charge in [0.25, 0.3) is 0 Å². The third-order valence-electron chi connectivity index (χ3n) is 4.03. The Labute approximate surface area is 130 Å². The van der Waals surface area contributed by atoms with Crippen LogP contribution in [0.4, 0.5) is 0 Å². The quantitative estimate of drug-likeness (QED) is 0.798. The zero-order valence-electron chi connectivity index (χ0n) is 14.7. The van der Waals surface area contributed by atoms with Crippen molar-refractivity contribution < 1.29 is 4.74 Å². The predicted molar refractivity (Wildman–Crippen MR) is 89.7 cm³/mol. The minimum atomic E-state index is 0.174. The van der Waals surface area contributed by atoms with Gasteiger partial charge in [0, 0.05) is 12.2 Å². The smallest absolute Gasteiger partial charge is 0.138 e. The Kier molecular flexibility index (Phi) is 6.66. The molecule has 2 unspecified atom stereocenters. The highest BCUT2D eigenvalue weighted by molar-refractivity contribution is 5.26. The average Bonchev–Trinajstić information content (AvgIpc) is 2.36. The van der Waals surface area contributed by atoms with E-state index in [4.69, 9.17) is 4.74 Å². The van der Waals surface area contributed by atoms with Gasteiger partial charge in [-0.2, -0.15) is 0 Å². The molecule has 0 fully saturated rings. The van der Waals surface area contributed by atoms with Crippen LogP contribution in [-0.4, -0.2) is 17.6 Å². The minimum absolute atomic E-state index is 0.174. The van der Waals surface area contributed by atoms with Gasteiger partial charge in [0.05, 0.1) is 12.3 Å². The van der Waals surface area contributed by atoms with Crippen molar-refractivity contribution in [2.24, 2.45) is 11.3 Å². The summed E-state index contributed by atoms with van der Waals surface area (Å²) in [6.07, 6.45) is 5.02. The number of rotatable bonds is 7. The standard InChI is InChI=1S/C18H32N2O/c1-8-20-17(9-14(4)18(5,6)7)15-10-16(12-19-11-15)21-13(2)3/h10-14,17,20H,8-9H2,1-7H3.